The Morgan fingerprint density at radius 1 is 1.31 bits per heavy atom. The average molecular weight is 462 g/mol. The quantitative estimate of drug-likeness (QED) is 0.521. The molecule has 0 fully saturated rings. The molecule has 2 N–H and O–H groups in total. The molecule has 1 aromatic carbocycles. The maximum atomic E-state index is 14.5. The molecule has 0 saturated carbocycles. The molecule has 2 heterocycles. The minimum atomic E-state index is -4.75. The lowest BCUT2D eigenvalue weighted by Crippen LogP contribution is -2.46. The summed E-state index contributed by atoms with van der Waals surface area (Å²) in [7, 11) is 0. The SMILES string of the molecule is C[C@@]1(c2cc(CC(=O)c3cnc(OC(F)F)cn3)ccc2F)C[C@@H](C(F)(F)F)OC(N)=N1. The summed E-state index contributed by atoms with van der Waals surface area (Å²) in [6, 6.07) is 2.75. The van der Waals surface area contributed by atoms with Crippen molar-refractivity contribution in [3.63, 3.8) is 0 Å². The molecular formula is C19H16F6N4O3. The number of nitrogens with two attached hydrogens (primary N) is 1. The third-order valence-electron chi connectivity index (χ3n) is 4.67. The number of halogens is 6. The van der Waals surface area contributed by atoms with Gasteiger partial charge in [0.25, 0.3) is 6.02 Å². The molecule has 3 rings (SSSR count). The number of ether oxygens (including phenoxy) is 2. The van der Waals surface area contributed by atoms with Crippen molar-refractivity contribution in [2.45, 2.75) is 44.2 Å². The Morgan fingerprint density at radius 3 is 2.62 bits per heavy atom. The van der Waals surface area contributed by atoms with Crippen LogP contribution in [0.2, 0.25) is 0 Å². The molecule has 0 saturated heterocycles. The van der Waals surface area contributed by atoms with Crippen LogP contribution < -0.4 is 10.5 Å². The second-order valence-electron chi connectivity index (χ2n) is 7.11. The van der Waals surface area contributed by atoms with E-state index >= 15 is 0 Å². The van der Waals surface area contributed by atoms with E-state index in [1.165, 1.54) is 19.1 Å². The van der Waals surface area contributed by atoms with Crippen molar-refractivity contribution in [1.82, 2.24) is 9.97 Å². The number of hydrogen-bond donors (Lipinski definition) is 1. The standard InChI is InChI=1S/C19H16F6N4O3/c1-18(6-14(19(23,24)25)31-17(26)29-18)10-4-9(2-3-11(10)20)5-13(30)12-7-28-15(8-27-12)32-16(21)22/h2-4,7-8,14,16H,5-6H2,1H3,(H2,26,29)/t14-,18-/m0/s1. The normalized spacial score (nSPS) is 21.1. The van der Waals surface area contributed by atoms with Crippen molar-refractivity contribution in [2.75, 3.05) is 0 Å². The van der Waals surface area contributed by atoms with Crippen molar-refractivity contribution in [3.05, 3.63) is 53.2 Å². The molecule has 0 unspecified atom stereocenters. The highest BCUT2D eigenvalue weighted by molar-refractivity contribution is 5.95. The van der Waals surface area contributed by atoms with Gasteiger partial charge in [-0.3, -0.25) is 4.79 Å². The van der Waals surface area contributed by atoms with Crippen LogP contribution in [0, 0.1) is 5.82 Å². The number of rotatable bonds is 6. The van der Waals surface area contributed by atoms with Crippen LogP contribution >= 0.6 is 0 Å². The lowest BCUT2D eigenvalue weighted by molar-refractivity contribution is -0.208. The van der Waals surface area contributed by atoms with Gasteiger partial charge >= 0.3 is 12.8 Å². The molecule has 0 radical (unpaired) electrons. The summed E-state index contributed by atoms with van der Waals surface area (Å²) in [5.41, 5.74) is 3.59. The molecule has 13 heteroatoms. The molecule has 0 amide bonds. The predicted molar refractivity (Wildman–Crippen MR) is 97.6 cm³/mol. The van der Waals surface area contributed by atoms with Gasteiger partial charge in [-0.25, -0.2) is 19.4 Å². The number of nitrogens with zero attached hydrogens (tertiary/aromatic N) is 3. The van der Waals surface area contributed by atoms with Crippen LogP contribution in [0.3, 0.4) is 0 Å². The van der Waals surface area contributed by atoms with E-state index in [2.05, 4.69) is 24.4 Å². The first kappa shape index (κ1) is 23.3. The van der Waals surface area contributed by atoms with Gasteiger partial charge in [0.15, 0.2) is 11.9 Å². The maximum Gasteiger partial charge on any atom is 0.425 e. The van der Waals surface area contributed by atoms with Crippen LogP contribution in [0.4, 0.5) is 26.3 Å². The lowest BCUT2D eigenvalue weighted by Gasteiger charge is -2.36. The Balaban J connectivity index is 1.84. The Labute approximate surface area is 177 Å². The van der Waals surface area contributed by atoms with Crippen LogP contribution in [0.15, 0.2) is 35.6 Å². The second-order valence-corrected chi connectivity index (χ2v) is 7.11. The monoisotopic (exact) mass is 462 g/mol. The number of Topliss-reactive ketones (excluding diaryl/α,β-unsaturated/α-hetero) is 1. The average Bonchev–Trinajstić information content (AvgIpc) is 2.68. The van der Waals surface area contributed by atoms with Gasteiger partial charge in [-0.1, -0.05) is 6.07 Å². The van der Waals surface area contributed by atoms with Crippen molar-refractivity contribution >= 4 is 11.8 Å². The Morgan fingerprint density at radius 2 is 2.03 bits per heavy atom. The van der Waals surface area contributed by atoms with Gasteiger partial charge < -0.3 is 15.2 Å². The number of amidine groups is 1. The van der Waals surface area contributed by atoms with Gasteiger partial charge in [-0.2, -0.15) is 22.0 Å². The number of aromatic nitrogens is 2. The van der Waals surface area contributed by atoms with E-state index in [1.54, 1.807) is 0 Å². The minimum absolute atomic E-state index is 0.172. The smallest absolute Gasteiger partial charge is 0.425 e. The molecule has 172 valence electrons. The van der Waals surface area contributed by atoms with Gasteiger partial charge in [0.2, 0.25) is 5.88 Å². The van der Waals surface area contributed by atoms with Crippen LogP contribution in [-0.2, 0) is 16.7 Å². The van der Waals surface area contributed by atoms with Gasteiger partial charge in [-0.15, -0.1) is 0 Å². The fraction of sp³-hybridized carbons (Fsp3) is 0.368. The molecule has 7 nitrogen and oxygen atoms in total. The van der Waals surface area contributed by atoms with Crippen molar-refractivity contribution in [1.29, 1.82) is 0 Å². The highest BCUT2D eigenvalue weighted by Gasteiger charge is 2.50. The molecule has 2 aromatic rings. The number of carbonyl (C=O) groups excluding carboxylic acids is 1. The second kappa shape index (κ2) is 8.63. The number of benzene rings is 1. The summed E-state index contributed by atoms with van der Waals surface area (Å²) in [5, 5.41) is 0. The summed E-state index contributed by atoms with van der Waals surface area (Å²) >= 11 is 0. The van der Waals surface area contributed by atoms with E-state index in [1.807, 2.05) is 0 Å². The van der Waals surface area contributed by atoms with E-state index in [0.717, 1.165) is 18.5 Å². The summed E-state index contributed by atoms with van der Waals surface area (Å²) < 4.78 is 87.0. The lowest BCUT2D eigenvalue weighted by atomic mass is 9.84. The third kappa shape index (κ3) is 5.26. The summed E-state index contributed by atoms with van der Waals surface area (Å²) in [6.07, 6.45) is -6.28. The third-order valence-corrected chi connectivity index (χ3v) is 4.67. The molecule has 0 bridgehead atoms. The predicted octanol–water partition coefficient (Wildman–Crippen LogP) is 3.52. The summed E-state index contributed by atoms with van der Waals surface area (Å²) in [6.45, 7) is -1.83. The summed E-state index contributed by atoms with van der Waals surface area (Å²) in [4.78, 5) is 23.5. The van der Waals surface area contributed by atoms with E-state index < -0.39 is 54.4 Å². The van der Waals surface area contributed by atoms with Crippen LogP contribution in [0.5, 0.6) is 5.88 Å². The zero-order chi connectivity index (χ0) is 23.7. The number of aliphatic imine (C=N–C) groups is 1. The van der Waals surface area contributed by atoms with Gasteiger partial charge in [0.1, 0.15) is 11.5 Å². The Kier molecular flexibility index (Phi) is 6.28. The largest absolute Gasteiger partial charge is 0.452 e. The molecule has 0 aliphatic carbocycles. The van der Waals surface area contributed by atoms with Crippen LogP contribution in [0.25, 0.3) is 0 Å². The molecule has 1 aliphatic rings. The zero-order valence-electron chi connectivity index (χ0n) is 16.4. The minimum Gasteiger partial charge on any atom is -0.452 e. The molecule has 32 heavy (non-hydrogen) atoms. The topological polar surface area (TPSA) is 99.7 Å². The van der Waals surface area contributed by atoms with E-state index in [4.69, 9.17) is 5.73 Å². The van der Waals surface area contributed by atoms with Gasteiger partial charge in [0, 0.05) is 18.4 Å². The van der Waals surface area contributed by atoms with Gasteiger partial charge in [-0.05, 0) is 24.6 Å². The van der Waals surface area contributed by atoms with Crippen molar-refractivity contribution in [2.24, 2.45) is 10.7 Å². The Bertz CT molecular complexity index is 1030. The first-order valence-electron chi connectivity index (χ1n) is 9.05. The maximum absolute atomic E-state index is 14.5. The summed E-state index contributed by atoms with van der Waals surface area (Å²) in [5.74, 6) is -1.91. The molecule has 1 aromatic heterocycles. The fourth-order valence-electron chi connectivity index (χ4n) is 3.20. The highest BCUT2D eigenvalue weighted by Crippen LogP contribution is 2.41. The van der Waals surface area contributed by atoms with Crippen LogP contribution in [0.1, 0.15) is 35.0 Å². The van der Waals surface area contributed by atoms with E-state index in [-0.39, 0.29) is 23.2 Å². The zero-order valence-corrected chi connectivity index (χ0v) is 16.4. The van der Waals surface area contributed by atoms with Crippen molar-refractivity contribution in [3.8, 4) is 5.88 Å². The Hall–Kier alpha value is -3.38. The fourth-order valence-corrected chi connectivity index (χ4v) is 3.20. The number of carbonyl (C=O) groups is 1. The first-order chi connectivity index (χ1) is 14.9. The molecule has 0 spiro atoms. The van der Waals surface area contributed by atoms with Crippen LogP contribution in [-0.4, -0.2) is 40.7 Å². The first-order valence-corrected chi connectivity index (χ1v) is 9.05. The van der Waals surface area contributed by atoms with Crippen molar-refractivity contribution < 1.29 is 40.6 Å². The van der Waals surface area contributed by atoms with Gasteiger partial charge in [0.05, 0.1) is 17.9 Å². The number of hydrogen-bond acceptors (Lipinski definition) is 7. The van der Waals surface area contributed by atoms with E-state index in [0.29, 0.717) is 0 Å². The number of alkyl halides is 5. The molecular weight excluding hydrogens is 446 g/mol. The molecule has 2 atom stereocenters. The highest BCUT2D eigenvalue weighted by atomic mass is 19.4. The number of ketones is 1. The van der Waals surface area contributed by atoms with E-state index in [9.17, 15) is 31.1 Å². The molecule has 1 aliphatic heterocycles.